The molecule has 17 heavy (non-hydrogen) atoms. The molecule has 0 aliphatic rings. The molecule has 3 nitrogen and oxygen atoms in total. The minimum Gasteiger partial charge on any atom is -0.368 e. The van der Waals surface area contributed by atoms with Gasteiger partial charge < -0.3 is 5.73 Å². The molecule has 1 aromatic rings. The van der Waals surface area contributed by atoms with E-state index in [2.05, 4.69) is 5.32 Å². The average Bonchev–Trinajstić information content (AvgIpc) is 2.26. The molecule has 1 aromatic carbocycles. The summed E-state index contributed by atoms with van der Waals surface area (Å²) in [6.07, 6.45) is 0.520. The van der Waals surface area contributed by atoms with E-state index < -0.39 is 11.4 Å². The SMILES string of the molecule is CCC(NC(C)C)(C(N)=O)c1ccc(F)cc1. The molecule has 3 N–H and O–H groups in total. The van der Waals surface area contributed by atoms with E-state index in [4.69, 9.17) is 5.73 Å². The van der Waals surface area contributed by atoms with E-state index in [1.165, 1.54) is 12.1 Å². The second kappa shape index (κ2) is 5.27. The third kappa shape index (κ3) is 2.82. The summed E-state index contributed by atoms with van der Waals surface area (Å²) in [7, 11) is 0. The first-order valence-corrected chi connectivity index (χ1v) is 5.76. The van der Waals surface area contributed by atoms with Gasteiger partial charge in [0.2, 0.25) is 5.91 Å². The van der Waals surface area contributed by atoms with Crippen LogP contribution in [0.5, 0.6) is 0 Å². The van der Waals surface area contributed by atoms with Crippen molar-refractivity contribution >= 4 is 5.91 Å². The summed E-state index contributed by atoms with van der Waals surface area (Å²) in [6.45, 7) is 5.76. The predicted octanol–water partition coefficient (Wildman–Crippen LogP) is 1.91. The van der Waals surface area contributed by atoms with E-state index in [0.29, 0.717) is 12.0 Å². The molecule has 4 heteroatoms. The molecule has 94 valence electrons. The van der Waals surface area contributed by atoms with Gasteiger partial charge in [0.15, 0.2) is 0 Å². The Hall–Kier alpha value is -1.42. The second-order valence-electron chi connectivity index (χ2n) is 4.43. The van der Waals surface area contributed by atoms with Gasteiger partial charge in [-0.1, -0.05) is 19.1 Å². The highest BCUT2D eigenvalue weighted by Crippen LogP contribution is 2.25. The maximum Gasteiger partial charge on any atom is 0.242 e. The molecule has 0 saturated carbocycles. The van der Waals surface area contributed by atoms with Crippen LogP contribution in [0, 0.1) is 5.82 Å². The van der Waals surface area contributed by atoms with Crippen molar-refractivity contribution in [2.75, 3.05) is 0 Å². The van der Waals surface area contributed by atoms with Crippen LogP contribution in [0.1, 0.15) is 32.8 Å². The summed E-state index contributed by atoms with van der Waals surface area (Å²) in [5, 5.41) is 3.18. The molecule has 0 spiro atoms. The topological polar surface area (TPSA) is 55.1 Å². The van der Waals surface area contributed by atoms with E-state index in [9.17, 15) is 9.18 Å². The van der Waals surface area contributed by atoms with Crippen molar-refractivity contribution in [1.29, 1.82) is 0 Å². The zero-order valence-electron chi connectivity index (χ0n) is 10.5. The van der Waals surface area contributed by atoms with E-state index in [1.54, 1.807) is 12.1 Å². The molecule has 0 aromatic heterocycles. The molecule has 0 fully saturated rings. The molecular weight excluding hydrogens is 219 g/mol. The van der Waals surface area contributed by atoms with Crippen LogP contribution in [-0.4, -0.2) is 11.9 Å². The maximum atomic E-state index is 12.9. The normalized spacial score (nSPS) is 14.6. The van der Waals surface area contributed by atoms with E-state index >= 15 is 0 Å². The van der Waals surface area contributed by atoms with Gasteiger partial charge >= 0.3 is 0 Å². The number of hydrogen-bond donors (Lipinski definition) is 2. The standard InChI is InChI=1S/C13H19FN2O/c1-4-13(12(15)17,16-9(2)3)10-5-7-11(14)8-6-10/h5-9,16H,4H2,1-3H3,(H2,15,17). The van der Waals surface area contributed by atoms with E-state index in [0.717, 1.165) is 0 Å². The smallest absolute Gasteiger partial charge is 0.242 e. The maximum absolute atomic E-state index is 12.9. The van der Waals surface area contributed by atoms with Gasteiger partial charge in [0.05, 0.1) is 0 Å². The number of halogens is 1. The number of rotatable bonds is 5. The lowest BCUT2D eigenvalue weighted by atomic mass is 9.85. The Kier molecular flexibility index (Phi) is 4.23. The Morgan fingerprint density at radius 1 is 1.41 bits per heavy atom. The summed E-state index contributed by atoms with van der Waals surface area (Å²) < 4.78 is 12.9. The third-order valence-electron chi connectivity index (χ3n) is 2.82. The van der Waals surface area contributed by atoms with Gasteiger partial charge in [0, 0.05) is 6.04 Å². The second-order valence-corrected chi connectivity index (χ2v) is 4.43. The fraction of sp³-hybridized carbons (Fsp3) is 0.462. The number of benzene rings is 1. The molecule has 1 amide bonds. The van der Waals surface area contributed by atoms with Crippen LogP contribution in [0.4, 0.5) is 4.39 Å². The first-order chi connectivity index (χ1) is 7.92. The number of nitrogens with two attached hydrogens (primary N) is 1. The quantitative estimate of drug-likeness (QED) is 0.823. The van der Waals surface area contributed by atoms with Gasteiger partial charge in [0.25, 0.3) is 0 Å². The zero-order valence-corrected chi connectivity index (χ0v) is 10.5. The van der Waals surface area contributed by atoms with Crippen molar-refractivity contribution < 1.29 is 9.18 Å². The molecule has 0 bridgehead atoms. The lowest BCUT2D eigenvalue weighted by molar-refractivity contribution is -0.125. The molecule has 1 rings (SSSR count). The first-order valence-electron chi connectivity index (χ1n) is 5.76. The van der Waals surface area contributed by atoms with Crippen LogP contribution < -0.4 is 11.1 Å². The van der Waals surface area contributed by atoms with Crippen LogP contribution in [0.25, 0.3) is 0 Å². The molecule has 0 radical (unpaired) electrons. The Morgan fingerprint density at radius 3 is 2.29 bits per heavy atom. The van der Waals surface area contributed by atoms with Gasteiger partial charge in [0.1, 0.15) is 11.4 Å². The largest absolute Gasteiger partial charge is 0.368 e. The van der Waals surface area contributed by atoms with Crippen LogP contribution in [0.2, 0.25) is 0 Å². The summed E-state index contributed by atoms with van der Waals surface area (Å²) in [4.78, 5) is 11.7. The van der Waals surface area contributed by atoms with Crippen molar-refractivity contribution in [2.24, 2.45) is 5.73 Å². The van der Waals surface area contributed by atoms with Gasteiger partial charge in [-0.15, -0.1) is 0 Å². The lowest BCUT2D eigenvalue weighted by Crippen LogP contribution is -2.54. The summed E-state index contributed by atoms with van der Waals surface area (Å²) in [6, 6.07) is 5.97. The first kappa shape index (κ1) is 13.6. The number of hydrogen-bond acceptors (Lipinski definition) is 2. The lowest BCUT2D eigenvalue weighted by Gasteiger charge is -2.33. The van der Waals surface area contributed by atoms with Crippen LogP contribution in [0.3, 0.4) is 0 Å². The monoisotopic (exact) mass is 238 g/mol. The van der Waals surface area contributed by atoms with Gasteiger partial charge in [-0.25, -0.2) is 4.39 Å². The Balaban J connectivity index is 3.21. The predicted molar refractivity (Wildman–Crippen MR) is 65.8 cm³/mol. The molecule has 1 atom stereocenters. The number of carbonyl (C=O) groups excluding carboxylic acids is 1. The number of nitrogens with one attached hydrogen (secondary N) is 1. The van der Waals surface area contributed by atoms with Crippen molar-refractivity contribution in [3.63, 3.8) is 0 Å². The Morgan fingerprint density at radius 2 is 1.94 bits per heavy atom. The Bertz CT molecular complexity index is 389. The van der Waals surface area contributed by atoms with Crippen molar-refractivity contribution in [2.45, 2.75) is 38.8 Å². The average molecular weight is 238 g/mol. The molecule has 0 aliphatic carbocycles. The fourth-order valence-corrected chi connectivity index (χ4v) is 2.00. The summed E-state index contributed by atoms with van der Waals surface area (Å²) >= 11 is 0. The van der Waals surface area contributed by atoms with Crippen LogP contribution in [0.15, 0.2) is 24.3 Å². The van der Waals surface area contributed by atoms with Gasteiger partial charge in [-0.05, 0) is 38.0 Å². The van der Waals surface area contributed by atoms with Gasteiger partial charge in [-0.2, -0.15) is 0 Å². The van der Waals surface area contributed by atoms with E-state index in [1.807, 2.05) is 20.8 Å². The van der Waals surface area contributed by atoms with Crippen molar-refractivity contribution in [3.8, 4) is 0 Å². The highest BCUT2D eigenvalue weighted by molar-refractivity contribution is 5.86. The van der Waals surface area contributed by atoms with Gasteiger partial charge in [-0.3, -0.25) is 10.1 Å². The van der Waals surface area contributed by atoms with Crippen LogP contribution in [-0.2, 0) is 10.3 Å². The zero-order chi connectivity index (χ0) is 13.1. The number of amides is 1. The van der Waals surface area contributed by atoms with Crippen molar-refractivity contribution in [3.05, 3.63) is 35.6 Å². The fourth-order valence-electron chi connectivity index (χ4n) is 2.00. The minimum absolute atomic E-state index is 0.104. The summed E-state index contributed by atoms with van der Waals surface area (Å²) in [5.41, 5.74) is 5.27. The highest BCUT2D eigenvalue weighted by Gasteiger charge is 2.36. The minimum atomic E-state index is -0.929. The Labute approximate surface area is 101 Å². The third-order valence-corrected chi connectivity index (χ3v) is 2.82. The summed E-state index contributed by atoms with van der Waals surface area (Å²) in [5.74, 6) is -0.770. The number of primary amides is 1. The molecule has 0 aliphatic heterocycles. The highest BCUT2D eigenvalue weighted by atomic mass is 19.1. The van der Waals surface area contributed by atoms with Crippen molar-refractivity contribution in [1.82, 2.24) is 5.32 Å². The molecule has 0 saturated heterocycles. The number of carbonyl (C=O) groups is 1. The van der Waals surface area contributed by atoms with Crippen LogP contribution >= 0.6 is 0 Å². The molecule has 1 unspecified atom stereocenters. The molecule has 0 heterocycles. The van der Waals surface area contributed by atoms with E-state index in [-0.39, 0.29) is 11.9 Å². The molecular formula is C13H19FN2O.